The Morgan fingerprint density at radius 2 is 1.43 bits per heavy atom. The predicted octanol–water partition coefficient (Wildman–Crippen LogP) is 5.37. The summed E-state index contributed by atoms with van der Waals surface area (Å²) in [4.78, 5) is 27.1. The maximum absolute atomic E-state index is 13.9. The number of benzene rings is 3. The van der Waals surface area contributed by atoms with E-state index < -0.39 is 23.3 Å². The third kappa shape index (κ3) is 4.15. The molecule has 4 rings (SSSR count). The van der Waals surface area contributed by atoms with Crippen LogP contribution in [0.15, 0.2) is 72.8 Å². The Morgan fingerprint density at radius 3 is 2.10 bits per heavy atom. The molecule has 3 aromatic carbocycles. The van der Waals surface area contributed by atoms with E-state index in [9.17, 15) is 18.4 Å². The van der Waals surface area contributed by atoms with Gasteiger partial charge in [0.25, 0.3) is 5.91 Å². The van der Waals surface area contributed by atoms with Crippen LogP contribution in [0.1, 0.15) is 33.6 Å². The van der Waals surface area contributed by atoms with Crippen LogP contribution in [0.4, 0.5) is 8.78 Å². The molecule has 3 aromatic rings. The number of hydrogen-bond donors (Lipinski definition) is 0. The molecular weight excluding hydrogens is 384 g/mol. The van der Waals surface area contributed by atoms with E-state index in [4.69, 9.17) is 0 Å². The van der Waals surface area contributed by atoms with Gasteiger partial charge in [-0.2, -0.15) is 0 Å². The molecule has 30 heavy (non-hydrogen) atoms. The van der Waals surface area contributed by atoms with Crippen molar-refractivity contribution in [2.24, 2.45) is 5.92 Å². The highest BCUT2D eigenvalue weighted by Gasteiger charge is 2.29. The third-order valence-electron chi connectivity index (χ3n) is 5.59. The van der Waals surface area contributed by atoms with E-state index in [1.54, 1.807) is 4.90 Å². The minimum Gasteiger partial charge on any atom is -0.339 e. The van der Waals surface area contributed by atoms with E-state index in [0.29, 0.717) is 31.5 Å². The molecule has 0 atom stereocenters. The summed E-state index contributed by atoms with van der Waals surface area (Å²) in [5.41, 5.74) is 2.50. The van der Waals surface area contributed by atoms with Gasteiger partial charge in [0, 0.05) is 24.6 Å². The summed E-state index contributed by atoms with van der Waals surface area (Å²) in [5.74, 6) is -2.24. The van der Waals surface area contributed by atoms with Gasteiger partial charge >= 0.3 is 0 Å². The van der Waals surface area contributed by atoms with Crippen molar-refractivity contribution in [1.82, 2.24) is 4.90 Å². The first-order valence-corrected chi connectivity index (χ1v) is 9.97. The molecule has 152 valence electrons. The highest BCUT2D eigenvalue weighted by atomic mass is 19.1. The highest BCUT2D eigenvalue weighted by Crippen LogP contribution is 2.25. The SMILES string of the molecule is O=C(c1cc(F)ccc1F)C1CCN(C(=O)c2ccc(-c3ccccc3)cc2)CC1. The van der Waals surface area contributed by atoms with Crippen molar-refractivity contribution < 1.29 is 18.4 Å². The highest BCUT2D eigenvalue weighted by molar-refractivity contribution is 5.99. The maximum Gasteiger partial charge on any atom is 0.253 e. The van der Waals surface area contributed by atoms with Crippen LogP contribution in [-0.4, -0.2) is 29.7 Å². The molecule has 0 spiro atoms. The number of carbonyl (C=O) groups is 2. The molecule has 0 saturated carbocycles. The van der Waals surface area contributed by atoms with Crippen LogP contribution in [-0.2, 0) is 0 Å². The zero-order valence-corrected chi connectivity index (χ0v) is 16.4. The van der Waals surface area contributed by atoms with E-state index in [1.165, 1.54) is 0 Å². The van der Waals surface area contributed by atoms with Gasteiger partial charge in [0.2, 0.25) is 0 Å². The van der Waals surface area contributed by atoms with Gasteiger partial charge in [-0.25, -0.2) is 8.78 Å². The van der Waals surface area contributed by atoms with Crippen LogP contribution in [0, 0.1) is 17.6 Å². The van der Waals surface area contributed by atoms with E-state index in [0.717, 1.165) is 29.3 Å². The van der Waals surface area contributed by atoms with Gasteiger partial charge in [0.05, 0.1) is 5.56 Å². The second kappa shape index (κ2) is 8.57. The zero-order valence-electron chi connectivity index (χ0n) is 16.4. The lowest BCUT2D eigenvalue weighted by molar-refractivity contribution is 0.0649. The number of halogens is 2. The molecule has 0 aliphatic carbocycles. The first-order chi connectivity index (χ1) is 14.5. The minimum atomic E-state index is -0.710. The number of likely N-dealkylation sites (tertiary alicyclic amines) is 1. The zero-order chi connectivity index (χ0) is 21.1. The van der Waals surface area contributed by atoms with Gasteiger partial charge in [0.1, 0.15) is 11.6 Å². The van der Waals surface area contributed by atoms with Gasteiger partial charge in [-0.05, 0) is 54.3 Å². The molecule has 0 aromatic heterocycles. The lowest BCUT2D eigenvalue weighted by Gasteiger charge is -2.31. The molecule has 5 heteroatoms. The molecule has 1 fully saturated rings. The van der Waals surface area contributed by atoms with Crippen LogP contribution in [0.25, 0.3) is 11.1 Å². The molecule has 1 amide bonds. The van der Waals surface area contributed by atoms with Crippen molar-refractivity contribution in [3.8, 4) is 11.1 Å². The molecule has 1 heterocycles. The Balaban J connectivity index is 1.39. The van der Waals surface area contributed by atoms with Crippen LogP contribution >= 0.6 is 0 Å². The second-order valence-electron chi connectivity index (χ2n) is 7.50. The van der Waals surface area contributed by atoms with Crippen molar-refractivity contribution >= 4 is 11.7 Å². The normalized spacial score (nSPS) is 14.5. The van der Waals surface area contributed by atoms with Crippen molar-refractivity contribution in [1.29, 1.82) is 0 Å². The Bertz CT molecular complexity index is 1060. The summed E-state index contributed by atoms with van der Waals surface area (Å²) in [6.07, 6.45) is 0.866. The minimum absolute atomic E-state index is 0.0857. The Hall–Kier alpha value is -3.34. The molecule has 0 bridgehead atoms. The van der Waals surface area contributed by atoms with E-state index in [1.807, 2.05) is 54.6 Å². The standard InChI is InChI=1S/C25H21F2NO2/c26-21-10-11-23(27)22(16-21)24(29)19-12-14-28(15-13-19)25(30)20-8-6-18(7-9-20)17-4-2-1-3-5-17/h1-11,16,19H,12-15H2. The summed E-state index contributed by atoms with van der Waals surface area (Å²) < 4.78 is 27.3. The van der Waals surface area contributed by atoms with E-state index >= 15 is 0 Å². The molecule has 0 N–H and O–H groups in total. The maximum atomic E-state index is 13.9. The predicted molar refractivity (Wildman–Crippen MR) is 111 cm³/mol. The Labute approximate surface area is 174 Å². The Morgan fingerprint density at radius 1 is 0.800 bits per heavy atom. The van der Waals surface area contributed by atoms with Gasteiger partial charge < -0.3 is 4.90 Å². The number of rotatable bonds is 4. The number of Topliss-reactive ketones (excluding diaryl/α,β-unsaturated/α-hetero) is 1. The van der Waals surface area contributed by atoms with Crippen molar-refractivity contribution in [3.05, 3.63) is 95.6 Å². The molecule has 0 unspecified atom stereocenters. The average molecular weight is 405 g/mol. The lowest BCUT2D eigenvalue weighted by Crippen LogP contribution is -2.40. The van der Waals surface area contributed by atoms with Crippen molar-refractivity contribution in [3.63, 3.8) is 0 Å². The van der Waals surface area contributed by atoms with Gasteiger partial charge in [-0.1, -0.05) is 42.5 Å². The topological polar surface area (TPSA) is 37.4 Å². The van der Waals surface area contributed by atoms with Gasteiger partial charge in [-0.15, -0.1) is 0 Å². The molecule has 1 aliphatic heterocycles. The summed E-state index contributed by atoms with van der Waals surface area (Å²) >= 11 is 0. The monoisotopic (exact) mass is 405 g/mol. The summed E-state index contributed by atoms with van der Waals surface area (Å²) in [5, 5.41) is 0. The quantitative estimate of drug-likeness (QED) is 0.548. The number of ketones is 1. The van der Waals surface area contributed by atoms with Crippen molar-refractivity contribution in [2.75, 3.05) is 13.1 Å². The fourth-order valence-corrected chi connectivity index (χ4v) is 3.87. The molecule has 1 saturated heterocycles. The molecule has 0 radical (unpaired) electrons. The number of piperidine rings is 1. The lowest BCUT2D eigenvalue weighted by atomic mass is 9.88. The van der Waals surface area contributed by atoms with Gasteiger partial charge in [0.15, 0.2) is 5.78 Å². The number of hydrogen-bond acceptors (Lipinski definition) is 2. The smallest absolute Gasteiger partial charge is 0.253 e. The van der Waals surface area contributed by atoms with Crippen molar-refractivity contribution in [2.45, 2.75) is 12.8 Å². The van der Waals surface area contributed by atoms with Crippen LogP contribution in [0.5, 0.6) is 0 Å². The Kier molecular flexibility index (Phi) is 5.70. The number of nitrogens with zero attached hydrogens (tertiary/aromatic N) is 1. The van der Waals surface area contributed by atoms with Gasteiger partial charge in [-0.3, -0.25) is 9.59 Å². The number of amides is 1. The average Bonchev–Trinajstić information content (AvgIpc) is 2.80. The second-order valence-corrected chi connectivity index (χ2v) is 7.50. The first-order valence-electron chi connectivity index (χ1n) is 9.97. The third-order valence-corrected chi connectivity index (χ3v) is 5.59. The number of carbonyl (C=O) groups excluding carboxylic acids is 2. The fourth-order valence-electron chi connectivity index (χ4n) is 3.87. The van der Waals surface area contributed by atoms with E-state index in [-0.39, 0.29) is 11.5 Å². The summed E-state index contributed by atoms with van der Waals surface area (Å²) in [7, 11) is 0. The largest absolute Gasteiger partial charge is 0.339 e. The molecule has 1 aliphatic rings. The first kappa shape index (κ1) is 20.0. The van der Waals surface area contributed by atoms with Crippen LogP contribution in [0.3, 0.4) is 0 Å². The molecule has 3 nitrogen and oxygen atoms in total. The van der Waals surface area contributed by atoms with E-state index in [2.05, 4.69) is 0 Å². The fraction of sp³-hybridized carbons (Fsp3) is 0.200. The van der Waals surface area contributed by atoms with Crippen LogP contribution in [0.2, 0.25) is 0 Å². The summed E-state index contributed by atoms with van der Waals surface area (Å²) in [6.45, 7) is 0.819. The summed E-state index contributed by atoms with van der Waals surface area (Å²) in [6, 6.07) is 20.3. The van der Waals surface area contributed by atoms with Crippen LogP contribution < -0.4 is 0 Å². The molecular formula is C25H21F2NO2.